The van der Waals surface area contributed by atoms with Crippen LogP contribution in [0.4, 0.5) is 0 Å². The Kier molecular flexibility index (Phi) is 5.05. The van der Waals surface area contributed by atoms with E-state index in [0.29, 0.717) is 0 Å². The average Bonchev–Trinajstić information content (AvgIpc) is 2.53. The van der Waals surface area contributed by atoms with Gasteiger partial charge in [-0.15, -0.1) is 0 Å². The van der Waals surface area contributed by atoms with Gasteiger partial charge in [0.1, 0.15) is 0 Å². The predicted molar refractivity (Wildman–Crippen MR) is 95.7 cm³/mol. The molecule has 0 aliphatic heterocycles. The van der Waals surface area contributed by atoms with Gasteiger partial charge in [-0.05, 0) is 73.6 Å². The largest absolute Gasteiger partial charge is 0.466 e. The molecule has 0 radical (unpaired) electrons. The molecule has 2 nitrogen and oxygen atoms in total. The Balaban J connectivity index is 2.76. The molecule has 0 heterocycles. The molecule has 0 saturated carbocycles. The first-order valence-corrected chi connectivity index (χ1v) is 7.79. The molecule has 0 spiro atoms. The van der Waals surface area contributed by atoms with Crippen LogP contribution in [0.3, 0.4) is 0 Å². The van der Waals surface area contributed by atoms with Crippen LogP contribution in [0.2, 0.25) is 0 Å². The van der Waals surface area contributed by atoms with Crippen LogP contribution in [0.1, 0.15) is 38.9 Å². The van der Waals surface area contributed by atoms with Crippen molar-refractivity contribution in [3.05, 3.63) is 75.4 Å². The van der Waals surface area contributed by atoms with Crippen molar-refractivity contribution in [2.24, 2.45) is 0 Å². The third kappa shape index (κ3) is 3.53. The molecule has 0 amide bonds. The van der Waals surface area contributed by atoms with Crippen LogP contribution < -0.4 is 0 Å². The Hall–Kier alpha value is -2.35. The number of carbonyl (C=O) groups excluding carboxylic acids is 1. The molecule has 0 aliphatic carbocycles. The molecule has 2 aromatic rings. The van der Waals surface area contributed by atoms with Crippen molar-refractivity contribution in [2.75, 3.05) is 7.11 Å². The van der Waals surface area contributed by atoms with Crippen LogP contribution >= 0.6 is 0 Å². The summed E-state index contributed by atoms with van der Waals surface area (Å²) < 4.78 is 4.87. The molecule has 0 bridgehead atoms. The van der Waals surface area contributed by atoms with Crippen molar-refractivity contribution in [1.29, 1.82) is 0 Å². The van der Waals surface area contributed by atoms with Crippen LogP contribution in [0.15, 0.2) is 36.4 Å². The molecule has 0 aromatic heterocycles. The average molecular weight is 308 g/mol. The maximum absolute atomic E-state index is 11.9. The molecule has 2 rings (SSSR count). The summed E-state index contributed by atoms with van der Waals surface area (Å²) in [6.45, 7) is 10.5. The van der Waals surface area contributed by atoms with Gasteiger partial charge in [-0.3, -0.25) is 0 Å². The lowest BCUT2D eigenvalue weighted by Crippen LogP contribution is -2.04. The normalized spacial score (nSPS) is 11.5. The van der Waals surface area contributed by atoms with Gasteiger partial charge in [-0.2, -0.15) is 0 Å². The van der Waals surface area contributed by atoms with Crippen LogP contribution in [0.5, 0.6) is 0 Å². The van der Waals surface area contributed by atoms with E-state index in [1.54, 1.807) is 6.08 Å². The zero-order chi connectivity index (χ0) is 17.1. The van der Waals surface area contributed by atoms with Crippen molar-refractivity contribution in [3.8, 4) is 0 Å². The fourth-order valence-corrected chi connectivity index (χ4v) is 2.83. The van der Waals surface area contributed by atoms with E-state index >= 15 is 0 Å². The summed E-state index contributed by atoms with van der Waals surface area (Å²) in [5.74, 6) is -0.335. The quantitative estimate of drug-likeness (QED) is 0.599. The molecule has 23 heavy (non-hydrogen) atoms. The summed E-state index contributed by atoms with van der Waals surface area (Å²) >= 11 is 0. The van der Waals surface area contributed by atoms with Gasteiger partial charge in [0.15, 0.2) is 0 Å². The highest BCUT2D eigenvalue weighted by molar-refractivity contribution is 5.97. The van der Waals surface area contributed by atoms with E-state index in [1.165, 1.54) is 34.9 Å². The van der Waals surface area contributed by atoms with Gasteiger partial charge in [-0.25, -0.2) is 4.79 Å². The van der Waals surface area contributed by atoms with Gasteiger partial charge >= 0.3 is 5.97 Å². The highest BCUT2D eigenvalue weighted by Crippen LogP contribution is 2.32. The third-order valence-electron chi connectivity index (χ3n) is 4.46. The minimum Gasteiger partial charge on any atom is -0.466 e. The molecular weight excluding hydrogens is 284 g/mol. The topological polar surface area (TPSA) is 26.3 Å². The maximum Gasteiger partial charge on any atom is 0.331 e. The van der Waals surface area contributed by atoms with Gasteiger partial charge in [0.2, 0.25) is 0 Å². The van der Waals surface area contributed by atoms with Crippen molar-refractivity contribution >= 4 is 11.5 Å². The van der Waals surface area contributed by atoms with E-state index in [0.717, 1.165) is 16.7 Å². The number of methoxy groups -OCH3 is 1. The van der Waals surface area contributed by atoms with Crippen molar-refractivity contribution < 1.29 is 9.53 Å². The Bertz CT molecular complexity index is 739. The van der Waals surface area contributed by atoms with E-state index < -0.39 is 0 Å². The summed E-state index contributed by atoms with van der Waals surface area (Å²) in [4.78, 5) is 11.9. The highest BCUT2D eigenvalue weighted by Gasteiger charge is 2.16. The molecule has 120 valence electrons. The summed E-state index contributed by atoms with van der Waals surface area (Å²) in [6.07, 6.45) is 1.60. The molecule has 0 N–H and O–H groups in total. The standard InChI is InChI=1S/C21H24O2/c1-13-7-9-18(10-8-13)19(12-20(22)23-6)21-16(4)14(2)11-15(3)17(21)5/h7-12H,1-6H3/b19-12+. The molecule has 2 aromatic carbocycles. The highest BCUT2D eigenvalue weighted by atomic mass is 16.5. The molecule has 0 saturated heterocycles. The number of hydrogen-bond donors (Lipinski definition) is 0. The molecular formula is C21H24O2. The van der Waals surface area contributed by atoms with Crippen LogP contribution in [-0.4, -0.2) is 13.1 Å². The maximum atomic E-state index is 11.9. The zero-order valence-corrected chi connectivity index (χ0v) is 14.8. The monoisotopic (exact) mass is 308 g/mol. The number of carbonyl (C=O) groups is 1. The SMILES string of the molecule is COC(=O)/C=C(\c1ccc(C)cc1)c1c(C)c(C)cc(C)c1C. The van der Waals surface area contributed by atoms with E-state index in [-0.39, 0.29) is 5.97 Å². The second-order valence-corrected chi connectivity index (χ2v) is 6.08. The smallest absolute Gasteiger partial charge is 0.331 e. The fraction of sp³-hybridized carbons (Fsp3) is 0.286. The van der Waals surface area contributed by atoms with Gasteiger partial charge in [0.25, 0.3) is 0 Å². The Morgan fingerprint density at radius 2 is 1.43 bits per heavy atom. The van der Waals surface area contributed by atoms with Crippen LogP contribution in [0, 0.1) is 34.6 Å². The predicted octanol–water partition coefficient (Wildman–Crippen LogP) is 4.83. The number of benzene rings is 2. The first kappa shape index (κ1) is 17.0. The van der Waals surface area contributed by atoms with E-state index in [9.17, 15) is 4.79 Å². The number of hydrogen-bond acceptors (Lipinski definition) is 2. The Morgan fingerprint density at radius 3 is 1.91 bits per heavy atom. The first-order chi connectivity index (χ1) is 10.8. The minimum absolute atomic E-state index is 0.335. The first-order valence-electron chi connectivity index (χ1n) is 7.79. The number of ether oxygens (including phenoxy) is 1. The number of aryl methyl sites for hydroxylation is 3. The Labute approximate surface area is 138 Å². The summed E-state index contributed by atoms with van der Waals surface area (Å²) in [6, 6.07) is 10.4. The minimum atomic E-state index is -0.335. The van der Waals surface area contributed by atoms with E-state index in [4.69, 9.17) is 4.74 Å². The second kappa shape index (κ2) is 6.82. The van der Waals surface area contributed by atoms with Crippen LogP contribution in [0.25, 0.3) is 5.57 Å². The third-order valence-corrected chi connectivity index (χ3v) is 4.46. The van der Waals surface area contributed by atoms with E-state index in [1.807, 2.05) is 0 Å². The van der Waals surface area contributed by atoms with Gasteiger partial charge in [0, 0.05) is 6.08 Å². The molecule has 0 aliphatic rings. The van der Waals surface area contributed by atoms with Gasteiger partial charge < -0.3 is 4.74 Å². The second-order valence-electron chi connectivity index (χ2n) is 6.08. The number of rotatable bonds is 3. The number of esters is 1. The zero-order valence-electron chi connectivity index (χ0n) is 14.8. The lowest BCUT2D eigenvalue weighted by Gasteiger charge is -2.18. The summed E-state index contributed by atoms with van der Waals surface area (Å²) in [5, 5.41) is 0. The fourth-order valence-electron chi connectivity index (χ4n) is 2.83. The summed E-state index contributed by atoms with van der Waals surface area (Å²) in [5.41, 5.74) is 9.11. The van der Waals surface area contributed by atoms with Gasteiger partial charge in [0.05, 0.1) is 7.11 Å². The molecule has 2 heteroatoms. The van der Waals surface area contributed by atoms with Crippen molar-refractivity contribution in [3.63, 3.8) is 0 Å². The van der Waals surface area contributed by atoms with Gasteiger partial charge in [-0.1, -0.05) is 35.9 Å². The molecule has 0 unspecified atom stereocenters. The lowest BCUT2D eigenvalue weighted by molar-refractivity contribution is -0.134. The lowest BCUT2D eigenvalue weighted by atomic mass is 9.86. The van der Waals surface area contributed by atoms with Crippen LogP contribution in [-0.2, 0) is 9.53 Å². The molecule has 0 atom stereocenters. The molecule has 0 fully saturated rings. The summed E-state index contributed by atoms with van der Waals surface area (Å²) in [7, 11) is 1.41. The van der Waals surface area contributed by atoms with Crippen molar-refractivity contribution in [1.82, 2.24) is 0 Å². The van der Waals surface area contributed by atoms with E-state index in [2.05, 4.69) is 65.0 Å². The Morgan fingerprint density at radius 1 is 0.913 bits per heavy atom. The van der Waals surface area contributed by atoms with Crippen molar-refractivity contribution in [2.45, 2.75) is 34.6 Å².